The van der Waals surface area contributed by atoms with Crippen LogP contribution in [0.5, 0.6) is 0 Å². The van der Waals surface area contributed by atoms with Crippen molar-refractivity contribution in [3.63, 3.8) is 0 Å². The maximum absolute atomic E-state index is 11.4. The summed E-state index contributed by atoms with van der Waals surface area (Å²) >= 11 is 0. The minimum Gasteiger partial charge on any atom is -0.480 e. The molecule has 0 radical (unpaired) electrons. The summed E-state index contributed by atoms with van der Waals surface area (Å²) in [6, 6.07) is -0.987. The lowest BCUT2D eigenvalue weighted by Crippen LogP contribution is -2.41. The van der Waals surface area contributed by atoms with Crippen LogP contribution >= 0.6 is 0 Å². The van der Waals surface area contributed by atoms with Crippen molar-refractivity contribution in [2.45, 2.75) is 32.2 Å². The van der Waals surface area contributed by atoms with Gasteiger partial charge in [0.15, 0.2) is 0 Å². The van der Waals surface area contributed by atoms with Gasteiger partial charge in [-0.15, -0.1) is 0 Å². The van der Waals surface area contributed by atoms with Crippen molar-refractivity contribution < 1.29 is 18.3 Å². The predicted molar refractivity (Wildman–Crippen MR) is 51.4 cm³/mol. The Morgan fingerprint density at radius 3 is 2.50 bits per heavy atom. The molecule has 0 spiro atoms. The zero-order valence-electron chi connectivity index (χ0n) is 8.06. The van der Waals surface area contributed by atoms with E-state index in [0.29, 0.717) is 0 Å². The number of hydrogen-bond acceptors (Lipinski definition) is 3. The topological polar surface area (TPSA) is 83.5 Å². The van der Waals surface area contributed by atoms with Crippen molar-refractivity contribution in [2.24, 2.45) is 5.92 Å². The quantitative estimate of drug-likeness (QED) is 0.670. The Bertz CT molecular complexity index is 307. The van der Waals surface area contributed by atoms with Gasteiger partial charge in [0, 0.05) is 0 Å². The molecule has 2 N–H and O–H groups in total. The zero-order valence-corrected chi connectivity index (χ0v) is 8.88. The molecule has 0 aliphatic heterocycles. The molecule has 5 nitrogen and oxygen atoms in total. The van der Waals surface area contributed by atoms with Gasteiger partial charge >= 0.3 is 5.97 Å². The van der Waals surface area contributed by atoms with Gasteiger partial charge in [0.05, 0.1) is 5.75 Å². The van der Waals surface area contributed by atoms with Gasteiger partial charge in [0.25, 0.3) is 0 Å². The molecule has 0 aromatic carbocycles. The fourth-order valence-corrected chi connectivity index (χ4v) is 2.92. The highest BCUT2D eigenvalue weighted by Gasteiger charge is 2.30. The molecule has 1 rings (SSSR count). The molecule has 0 aromatic heterocycles. The number of carbonyl (C=O) groups is 1. The molecule has 0 saturated heterocycles. The van der Waals surface area contributed by atoms with Crippen molar-refractivity contribution in [3.8, 4) is 0 Å². The molecule has 0 aromatic rings. The maximum atomic E-state index is 11.4. The summed E-state index contributed by atoms with van der Waals surface area (Å²) in [5.41, 5.74) is 0. The van der Waals surface area contributed by atoms with E-state index < -0.39 is 22.0 Å². The highest BCUT2D eigenvalue weighted by molar-refractivity contribution is 7.89. The van der Waals surface area contributed by atoms with E-state index in [1.807, 2.05) is 0 Å². The third-order valence-corrected chi connectivity index (χ3v) is 3.73. The average molecular weight is 221 g/mol. The second-order valence-corrected chi connectivity index (χ2v) is 5.44. The largest absolute Gasteiger partial charge is 0.480 e. The Balaban J connectivity index is 2.50. The molecule has 0 amide bonds. The van der Waals surface area contributed by atoms with E-state index in [1.165, 1.54) is 0 Å². The molecule has 1 saturated carbocycles. The standard InChI is InChI=1S/C8H15NO4S/c1-2-7(8(10)11)9-14(12,13)5-6-3-4-6/h6-7,9H,2-5H2,1H3,(H,10,11)/t7-/m1/s1. The molecule has 0 bridgehead atoms. The number of carboxylic acids is 1. The lowest BCUT2D eigenvalue weighted by atomic mass is 10.2. The second-order valence-electron chi connectivity index (χ2n) is 3.64. The van der Waals surface area contributed by atoms with Crippen LogP contribution in [0.4, 0.5) is 0 Å². The zero-order chi connectivity index (χ0) is 10.8. The summed E-state index contributed by atoms with van der Waals surface area (Å²) in [4.78, 5) is 10.6. The summed E-state index contributed by atoms with van der Waals surface area (Å²) < 4.78 is 24.9. The van der Waals surface area contributed by atoms with Gasteiger partial charge in [-0.05, 0) is 25.2 Å². The normalized spacial score (nSPS) is 19.2. The van der Waals surface area contributed by atoms with E-state index in [9.17, 15) is 13.2 Å². The van der Waals surface area contributed by atoms with Gasteiger partial charge in [-0.2, -0.15) is 0 Å². The number of hydrogen-bond donors (Lipinski definition) is 2. The Hall–Kier alpha value is -0.620. The van der Waals surface area contributed by atoms with Crippen molar-refractivity contribution in [1.82, 2.24) is 4.72 Å². The van der Waals surface area contributed by atoms with E-state index in [2.05, 4.69) is 4.72 Å². The van der Waals surface area contributed by atoms with Gasteiger partial charge in [-0.25, -0.2) is 13.1 Å². The monoisotopic (exact) mass is 221 g/mol. The van der Waals surface area contributed by atoms with E-state index in [-0.39, 0.29) is 18.1 Å². The first-order valence-electron chi connectivity index (χ1n) is 4.67. The van der Waals surface area contributed by atoms with E-state index in [1.54, 1.807) is 6.92 Å². The predicted octanol–water partition coefficient (Wildman–Crippen LogP) is 0.179. The van der Waals surface area contributed by atoms with Crippen LogP contribution in [-0.4, -0.2) is 31.3 Å². The van der Waals surface area contributed by atoms with Gasteiger partial charge in [-0.1, -0.05) is 6.92 Å². The van der Waals surface area contributed by atoms with E-state index >= 15 is 0 Å². The number of aliphatic carboxylic acids is 1. The Morgan fingerprint density at radius 2 is 2.14 bits per heavy atom. The summed E-state index contributed by atoms with van der Waals surface area (Å²) in [7, 11) is -3.41. The van der Waals surface area contributed by atoms with Gasteiger partial charge < -0.3 is 5.11 Å². The Kier molecular flexibility index (Phi) is 3.49. The minimum absolute atomic E-state index is 0.0663. The van der Waals surface area contributed by atoms with Crippen LogP contribution in [0, 0.1) is 5.92 Å². The number of sulfonamides is 1. The van der Waals surface area contributed by atoms with Crippen LogP contribution < -0.4 is 4.72 Å². The van der Waals surface area contributed by atoms with Gasteiger partial charge in [0.1, 0.15) is 6.04 Å². The molecule has 1 fully saturated rings. The summed E-state index contributed by atoms with van der Waals surface area (Å²) in [5, 5.41) is 8.66. The SMILES string of the molecule is CC[C@@H](NS(=O)(=O)CC1CC1)C(=O)O. The molecule has 6 heteroatoms. The van der Waals surface area contributed by atoms with Gasteiger partial charge in [-0.3, -0.25) is 4.79 Å². The smallest absolute Gasteiger partial charge is 0.321 e. The molecule has 14 heavy (non-hydrogen) atoms. The molecule has 0 heterocycles. The molecule has 1 aliphatic rings. The lowest BCUT2D eigenvalue weighted by Gasteiger charge is -2.12. The molecule has 1 aliphatic carbocycles. The molecule has 0 unspecified atom stereocenters. The first-order chi connectivity index (χ1) is 6.44. The summed E-state index contributed by atoms with van der Waals surface area (Å²) in [6.45, 7) is 1.64. The fourth-order valence-electron chi connectivity index (χ4n) is 1.17. The van der Waals surface area contributed by atoms with Crippen molar-refractivity contribution >= 4 is 16.0 Å². The third kappa shape index (κ3) is 3.63. The van der Waals surface area contributed by atoms with Crippen molar-refractivity contribution in [2.75, 3.05) is 5.75 Å². The average Bonchev–Trinajstić information content (AvgIpc) is 2.82. The summed E-state index contributed by atoms with van der Waals surface area (Å²) in [6.07, 6.45) is 2.13. The van der Waals surface area contributed by atoms with E-state index in [0.717, 1.165) is 12.8 Å². The Labute approximate surface area is 83.6 Å². The second kappa shape index (κ2) is 4.27. The van der Waals surface area contributed by atoms with Crippen LogP contribution in [0.15, 0.2) is 0 Å². The highest BCUT2D eigenvalue weighted by atomic mass is 32.2. The molecular formula is C8H15NO4S. The van der Waals surface area contributed by atoms with Crippen molar-refractivity contribution in [1.29, 1.82) is 0 Å². The van der Waals surface area contributed by atoms with Crippen LogP contribution in [-0.2, 0) is 14.8 Å². The lowest BCUT2D eigenvalue weighted by molar-refractivity contribution is -0.139. The highest BCUT2D eigenvalue weighted by Crippen LogP contribution is 2.30. The Morgan fingerprint density at radius 1 is 1.57 bits per heavy atom. The van der Waals surface area contributed by atoms with Crippen LogP contribution in [0.2, 0.25) is 0 Å². The summed E-state index contributed by atoms with van der Waals surface area (Å²) in [5.74, 6) is -0.817. The fraction of sp³-hybridized carbons (Fsp3) is 0.875. The van der Waals surface area contributed by atoms with Crippen LogP contribution in [0.25, 0.3) is 0 Å². The third-order valence-electron chi connectivity index (χ3n) is 2.18. The van der Waals surface area contributed by atoms with E-state index in [4.69, 9.17) is 5.11 Å². The first-order valence-corrected chi connectivity index (χ1v) is 6.32. The molecule has 1 atom stereocenters. The molecule has 82 valence electrons. The number of carboxylic acid groups (broad SMARTS) is 1. The minimum atomic E-state index is -3.41. The molecular weight excluding hydrogens is 206 g/mol. The van der Waals surface area contributed by atoms with Crippen molar-refractivity contribution in [3.05, 3.63) is 0 Å². The number of nitrogens with one attached hydrogen (secondary N) is 1. The maximum Gasteiger partial charge on any atom is 0.321 e. The van der Waals surface area contributed by atoms with Crippen LogP contribution in [0.3, 0.4) is 0 Å². The first kappa shape index (κ1) is 11.5. The number of rotatable bonds is 6. The van der Waals surface area contributed by atoms with Gasteiger partial charge in [0.2, 0.25) is 10.0 Å². The van der Waals surface area contributed by atoms with Crippen LogP contribution in [0.1, 0.15) is 26.2 Å².